The number of rotatable bonds is 5. The maximum atomic E-state index is 12.0. The average molecular weight is 345 g/mol. The van der Waals surface area contributed by atoms with Crippen LogP contribution < -0.4 is 5.43 Å². The van der Waals surface area contributed by atoms with E-state index in [2.05, 4.69) is 66.2 Å². The van der Waals surface area contributed by atoms with Crippen LogP contribution in [0.2, 0.25) is 0 Å². The van der Waals surface area contributed by atoms with E-state index < -0.39 is 0 Å². The van der Waals surface area contributed by atoms with E-state index in [9.17, 15) is 4.79 Å². The fraction of sp³-hybridized carbons (Fsp3) is 0.182. The second kappa shape index (κ2) is 7.83. The Morgan fingerprint density at radius 3 is 2.42 bits per heavy atom. The van der Waals surface area contributed by atoms with E-state index in [-0.39, 0.29) is 5.91 Å². The zero-order valence-electron chi connectivity index (χ0n) is 15.4. The molecule has 0 fully saturated rings. The van der Waals surface area contributed by atoms with Gasteiger partial charge < -0.3 is 4.57 Å². The van der Waals surface area contributed by atoms with Crippen molar-refractivity contribution >= 4 is 12.1 Å². The van der Waals surface area contributed by atoms with Gasteiger partial charge in [-0.2, -0.15) is 5.10 Å². The van der Waals surface area contributed by atoms with Gasteiger partial charge in [0.25, 0.3) is 5.91 Å². The Labute approximate surface area is 154 Å². The van der Waals surface area contributed by atoms with Crippen LogP contribution in [0.15, 0.2) is 65.8 Å². The van der Waals surface area contributed by atoms with Crippen molar-refractivity contribution in [2.75, 3.05) is 0 Å². The third kappa shape index (κ3) is 3.75. The number of hydrazone groups is 1. The topological polar surface area (TPSA) is 46.4 Å². The number of benzene rings is 2. The predicted molar refractivity (Wildman–Crippen MR) is 106 cm³/mol. The first-order valence-corrected chi connectivity index (χ1v) is 8.77. The van der Waals surface area contributed by atoms with Crippen molar-refractivity contribution in [3.05, 3.63) is 88.7 Å². The molecule has 0 atom stereocenters. The highest BCUT2D eigenvalue weighted by Crippen LogP contribution is 2.20. The summed E-state index contributed by atoms with van der Waals surface area (Å²) >= 11 is 0. The Kier molecular flexibility index (Phi) is 5.32. The molecule has 1 aromatic heterocycles. The van der Waals surface area contributed by atoms with Crippen molar-refractivity contribution in [2.45, 2.75) is 27.2 Å². The van der Waals surface area contributed by atoms with Crippen molar-refractivity contribution in [3.8, 4) is 5.69 Å². The third-order valence-electron chi connectivity index (χ3n) is 4.48. The van der Waals surface area contributed by atoms with Gasteiger partial charge in [-0.25, -0.2) is 5.43 Å². The molecule has 0 aliphatic rings. The van der Waals surface area contributed by atoms with Gasteiger partial charge in [-0.15, -0.1) is 0 Å². The first kappa shape index (κ1) is 17.7. The number of carbonyl (C=O) groups excluding carboxylic acids is 1. The van der Waals surface area contributed by atoms with Crippen LogP contribution >= 0.6 is 0 Å². The summed E-state index contributed by atoms with van der Waals surface area (Å²) < 4.78 is 2.19. The maximum Gasteiger partial charge on any atom is 0.271 e. The van der Waals surface area contributed by atoms with Crippen LogP contribution in [0.1, 0.15) is 39.8 Å². The molecule has 3 aromatic rings. The Morgan fingerprint density at radius 2 is 1.77 bits per heavy atom. The average Bonchev–Trinajstić information content (AvgIpc) is 2.96. The summed E-state index contributed by atoms with van der Waals surface area (Å²) in [7, 11) is 0. The molecule has 0 bridgehead atoms. The van der Waals surface area contributed by atoms with Gasteiger partial charge in [0.05, 0.1) is 6.21 Å². The van der Waals surface area contributed by atoms with Crippen molar-refractivity contribution in [2.24, 2.45) is 5.10 Å². The van der Waals surface area contributed by atoms with Gasteiger partial charge >= 0.3 is 0 Å². The molecular weight excluding hydrogens is 322 g/mol. The highest BCUT2D eigenvalue weighted by molar-refractivity contribution is 5.94. The molecule has 26 heavy (non-hydrogen) atoms. The van der Waals surface area contributed by atoms with E-state index >= 15 is 0 Å². The second-order valence-electron chi connectivity index (χ2n) is 6.25. The van der Waals surface area contributed by atoms with Crippen LogP contribution in [-0.2, 0) is 6.42 Å². The van der Waals surface area contributed by atoms with Gasteiger partial charge in [0, 0.05) is 28.2 Å². The molecule has 1 N–H and O–H groups in total. The number of nitrogens with zero attached hydrogens (tertiary/aromatic N) is 2. The number of hydrogen-bond donors (Lipinski definition) is 1. The van der Waals surface area contributed by atoms with E-state index in [0.29, 0.717) is 5.56 Å². The number of hydrogen-bond acceptors (Lipinski definition) is 2. The molecule has 0 unspecified atom stereocenters. The molecule has 0 radical (unpaired) electrons. The van der Waals surface area contributed by atoms with Crippen LogP contribution in [0.3, 0.4) is 0 Å². The molecular formula is C22H23N3O. The molecule has 0 aliphatic heterocycles. The zero-order valence-corrected chi connectivity index (χ0v) is 15.4. The van der Waals surface area contributed by atoms with Crippen molar-refractivity contribution in [3.63, 3.8) is 0 Å². The highest BCUT2D eigenvalue weighted by Gasteiger charge is 2.09. The lowest BCUT2D eigenvalue weighted by Crippen LogP contribution is -2.17. The summed E-state index contributed by atoms with van der Waals surface area (Å²) in [6.07, 6.45) is 2.73. The van der Waals surface area contributed by atoms with E-state index in [1.807, 2.05) is 18.2 Å². The maximum absolute atomic E-state index is 12.0. The number of amides is 1. The molecule has 132 valence electrons. The number of aromatic nitrogens is 1. The van der Waals surface area contributed by atoms with Crippen molar-refractivity contribution in [1.29, 1.82) is 0 Å². The number of carbonyl (C=O) groups is 1. The molecule has 0 spiro atoms. The quantitative estimate of drug-likeness (QED) is 0.540. The lowest BCUT2D eigenvalue weighted by atomic mass is 10.1. The summed E-state index contributed by atoms with van der Waals surface area (Å²) in [4.78, 5) is 12.0. The molecule has 4 heteroatoms. The van der Waals surface area contributed by atoms with Crippen LogP contribution in [0.4, 0.5) is 0 Å². The summed E-state index contributed by atoms with van der Waals surface area (Å²) in [6, 6.07) is 19.7. The fourth-order valence-corrected chi connectivity index (χ4v) is 3.01. The number of aryl methyl sites for hydroxylation is 2. The minimum Gasteiger partial charge on any atom is -0.318 e. The molecule has 4 nitrogen and oxygen atoms in total. The van der Waals surface area contributed by atoms with Crippen LogP contribution in [-0.4, -0.2) is 16.7 Å². The first-order valence-electron chi connectivity index (χ1n) is 8.77. The Hall–Kier alpha value is -3.14. The molecule has 1 amide bonds. The highest BCUT2D eigenvalue weighted by atomic mass is 16.2. The summed E-state index contributed by atoms with van der Waals surface area (Å²) in [5.41, 5.74) is 8.82. The fourth-order valence-electron chi connectivity index (χ4n) is 3.01. The van der Waals surface area contributed by atoms with E-state index in [1.54, 1.807) is 18.3 Å². The standard InChI is InChI=1S/C22H23N3O/c1-4-18-10-12-21(13-11-18)25-16(2)14-20(17(25)3)15-23-24-22(26)19-8-6-5-7-9-19/h5-15H,4H2,1-3H3,(H,24,26)/b23-15-. The van der Waals surface area contributed by atoms with Gasteiger partial charge in [0.15, 0.2) is 0 Å². The molecule has 1 heterocycles. The van der Waals surface area contributed by atoms with Gasteiger partial charge in [-0.3, -0.25) is 4.79 Å². The van der Waals surface area contributed by atoms with E-state index in [4.69, 9.17) is 0 Å². The van der Waals surface area contributed by atoms with Crippen LogP contribution in [0.25, 0.3) is 5.69 Å². The number of nitrogens with one attached hydrogen (secondary N) is 1. The normalized spacial score (nSPS) is 11.0. The first-order chi connectivity index (χ1) is 12.6. The van der Waals surface area contributed by atoms with Gasteiger partial charge in [-0.1, -0.05) is 37.3 Å². The summed E-state index contributed by atoms with van der Waals surface area (Å²) in [5, 5.41) is 4.12. The Bertz CT molecular complexity index is 922. The van der Waals surface area contributed by atoms with Gasteiger partial charge in [-0.05, 0) is 56.2 Å². The smallest absolute Gasteiger partial charge is 0.271 e. The SMILES string of the molecule is CCc1ccc(-n2c(C)cc(/C=N\NC(=O)c3ccccc3)c2C)cc1. The second-order valence-corrected chi connectivity index (χ2v) is 6.25. The zero-order chi connectivity index (χ0) is 18.5. The molecule has 0 aliphatic carbocycles. The van der Waals surface area contributed by atoms with Gasteiger partial charge in [0.1, 0.15) is 0 Å². The summed E-state index contributed by atoms with van der Waals surface area (Å²) in [6.45, 7) is 6.28. The van der Waals surface area contributed by atoms with E-state index in [1.165, 1.54) is 5.56 Å². The Balaban J connectivity index is 1.78. The molecule has 0 saturated heterocycles. The lowest BCUT2D eigenvalue weighted by molar-refractivity contribution is 0.0955. The minimum absolute atomic E-state index is 0.217. The molecule has 2 aromatic carbocycles. The molecule has 0 saturated carbocycles. The Morgan fingerprint density at radius 1 is 1.08 bits per heavy atom. The van der Waals surface area contributed by atoms with Gasteiger partial charge in [0.2, 0.25) is 0 Å². The largest absolute Gasteiger partial charge is 0.318 e. The van der Waals surface area contributed by atoms with Crippen molar-refractivity contribution in [1.82, 2.24) is 9.99 Å². The third-order valence-corrected chi connectivity index (χ3v) is 4.48. The summed E-state index contributed by atoms with van der Waals surface area (Å²) in [5.74, 6) is -0.217. The van der Waals surface area contributed by atoms with Crippen LogP contribution in [0, 0.1) is 13.8 Å². The lowest BCUT2D eigenvalue weighted by Gasteiger charge is -2.10. The molecule has 3 rings (SSSR count). The minimum atomic E-state index is -0.217. The van der Waals surface area contributed by atoms with E-state index in [0.717, 1.165) is 29.1 Å². The van der Waals surface area contributed by atoms with Crippen molar-refractivity contribution < 1.29 is 4.79 Å². The van der Waals surface area contributed by atoms with Crippen LogP contribution in [0.5, 0.6) is 0 Å². The predicted octanol–water partition coefficient (Wildman–Crippen LogP) is 4.42. The monoisotopic (exact) mass is 345 g/mol.